The fourth-order valence-corrected chi connectivity index (χ4v) is 5.75. The van der Waals surface area contributed by atoms with E-state index in [0.29, 0.717) is 23.9 Å². The van der Waals surface area contributed by atoms with Crippen molar-refractivity contribution in [1.29, 1.82) is 0 Å². The van der Waals surface area contributed by atoms with Gasteiger partial charge in [0.25, 0.3) is 5.91 Å². The SMILES string of the molecule is O=C(c1ccncc1)N1C[C@H](c2ccc3c(c2)OCO3)[C@@H]2[C@H]1C1CCN2CC1. The van der Waals surface area contributed by atoms with Gasteiger partial charge >= 0.3 is 0 Å². The average molecular weight is 377 g/mol. The van der Waals surface area contributed by atoms with Gasteiger partial charge in [0, 0.05) is 36.5 Å². The summed E-state index contributed by atoms with van der Waals surface area (Å²) in [6, 6.07) is 10.6. The minimum absolute atomic E-state index is 0.134. The van der Waals surface area contributed by atoms with Crippen LogP contribution in [0.2, 0.25) is 0 Å². The number of hydrogen-bond donors (Lipinski definition) is 0. The third kappa shape index (κ3) is 2.37. The number of benzene rings is 1. The van der Waals surface area contributed by atoms with Crippen molar-refractivity contribution in [3.8, 4) is 11.5 Å². The summed E-state index contributed by atoms with van der Waals surface area (Å²) in [5.41, 5.74) is 1.98. The number of hydrogen-bond acceptors (Lipinski definition) is 5. The first-order valence-corrected chi connectivity index (χ1v) is 10.1. The Kier molecular flexibility index (Phi) is 3.63. The summed E-state index contributed by atoms with van der Waals surface area (Å²) in [6.07, 6.45) is 5.78. The monoisotopic (exact) mass is 377 g/mol. The Hall–Kier alpha value is -2.60. The molecule has 6 heterocycles. The number of pyridine rings is 1. The summed E-state index contributed by atoms with van der Waals surface area (Å²) in [4.78, 5) is 22.2. The maximum atomic E-state index is 13.4. The van der Waals surface area contributed by atoms with Crippen molar-refractivity contribution in [2.24, 2.45) is 5.92 Å². The average Bonchev–Trinajstić information content (AvgIpc) is 3.40. The van der Waals surface area contributed by atoms with Crippen LogP contribution in [0.25, 0.3) is 0 Å². The topological polar surface area (TPSA) is 54.9 Å². The lowest BCUT2D eigenvalue weighted by molar-refractivity contribution is -0.00341. The molecule has 7 rings (SSSR count). The van der Waals surface area contributed by atoms with Crippen LogP contribution in [0.15, 0.2) is 42.7 Å². The molecule has 0 saturated carbocycles. The van der Waals surface area contributed by atoms with Crippen molar-refractivity contribution in [3.05, 3.63) is 53.9 Å². The smallest absolute Gasteiger partial charge is 0.254 e. The lowest BCUT2D eigenvalue weighted by Crippen LogP contribution is -2.60. The highest BCUT2D eigenvalue weighted by atomic mass is 16.7. The lowest BCUT2D eigenvalue weighted by Gasteiger charge is -2.51. The second-order valence-electron chi connectivity index (χ2n) is 8.27. The number of nitrogens with zero attached hydrogens (tertiary/aromatic N) is 3. The lowest BCUT2D eigenvalue weighted by atomic mass is 9.75. The number of carbonyl (C=O) groups is 1. The molecule has 2 aromatic rings. The van der Waals surface area contributed by atoms with Crippen LogP contribution in [-0.4, -0.2) is 59.2 Å². The third-order valence-electron chi connectivity index (χ3n) is 7.01. The van der Waals surface area contributed by atoms with E-state index in [-0.39, 0.29) is 12.7 Å². The molecule has 6 heteroatoms. The molecule has 1 aromatic heterocycles. The van der Waals surface area contributed by atoms with Gasteiger partial charge in [0.2, 0.25) is 6.79 Å². The fraction of sp³-hybridized carbons (Fsp3) is 0.455. The maximum Gasteiger partial charge on any atom is 0.254 e. The molecular weight excluding hydrogens is 354 g/mol. The number of likely N-dealkylation sites (tertiary alicyclic amines) is 1. The van der Waals surface area contributed by atoms with Crippen LogP contribution in [0.3, 0.4) is 0 Å². The van der Waals surface area contributed by atoms with Crippen molar-refractivity contribution in [2.45, 2.75) is 30.8 Å². The van der Waals surface area contributed by atoms with E-state index in [1.165, 1.54) is 18.4 Å². The van der Waals surface area contributed by atoms with Crippen molar-refractivity contribution >= 4 is 5.91 Å². The predicted octanol–water partition coefficient (Wildman–Crippen LogP) is 2.51. The molecule has 0 radical (unpaired) electrons. The van der Waals surface area contributed by atoms with E-state index in [1.807, 2.05) is 18.2 Å². The van der Waals surface area contributed by atoms with Crippen molar-refractivity contribution in [1.82, 2.24) is 14.8 Å². The molecule has 6 nitrogen and oxygen atoms in total. The van der Waals surface area contributed by atoms with E-state index < -0.39 is 0 Å². The molecule has 3 atom stereocenters. The number of piperidine rings is 3. The van der Waals surface area contributed by atoms with E-state index in [2.05, 4.69) is 26.9 Å². The zero-order chi connectivity index (χ0) is 18.7. The summed E-state index contributed by atoms with van der Waals surface area (Å²) in [5.74, 6) is 2.67. The van der Waals surface area contributed by atoms with E-state index >= 15 is 0 Å². The Bertz CT molecular complexity index is 910. The Balaban J connectivity index is 1.39. The molecule has 4 fully saturated rings. The van der Waals surface area contributed by atoms with Crippen LogP contribution < -0.4 is 9.47 Å². The van der Waals surface area contributed by atoms with E-state index in [9.17, 15) is 4.79 Å². The molecule has 0 unspecified atom stereocenters. The third-order valence-corrected chi connectivity index (χ3v) is 7.01. The van der Waals surface area contributed by atoms with Crippen LogP contribution in [0.1, 0.15) is 34.7 Å². The zero-order valence-electron chi connectivity index (χ0n) is 15.7. The Morgan fingerprint density at radius 2 is 1.79 bits per heavy atom. The zero-order valence-corrected chi connectivity index (χ0v) is 15.7. The highest BCUT2D eigenvalue weighted by molar-refractivity contribution is 5.94. The first kappa shape index (κ1) is 16.4. The summed E-state index contributed by atoms with van der Waals surface area (Å²) >= 11 is 0. The van der Waals surface area contributed by atoms with Crippen LogP contribution in [0, 0.1) is 5.92 Å². The van der Waals surface area contributed by atoms with Crippen molar-refractivity contribution < 1.29 is 14.3 Å². The highest BCUT2D eigenvalue weighted by Gasteiger charge is 2.54. The molecule has 5 aliphatic rings. The minimum atomic E-state index is 0.134. The van der Waals surface area contributed by atoms with Gasteiger partial charge in [-0.15, -0.1) is 0 Å². The maximum absolute atomic E-state index is 13.4. The molecule has 28 heavy (non-hydrogen) atoms. The van der Waals surface area contributed by atoms with Crippen LogP contribution in [0.5, 0.6) is 11.5 Å². The largest absolute Gasteiger partial charge is 0.454 e. The number of amides is 1. The first-order chi connectivity index (χ1) is 13.8. The Labute approximate surface area is 164 Å². The summed E-state index contributed by atoms with van der Waals surface area (Å²) < 4.78 is 11.1. The van der Waals surface area contributed by atoms with Gasteiger partial charge in [-0.25, -0.2) is 0 Å². The molecule has 1 amide bonds. The summed E-state index contributed by atoms with van der Waals surface area (Å²) in [6.45, 7) is 3.33. The Morgan fingerprint density at radius 3 is 2.61 bits per heavy atom. The van der Waals surface area contributed by atoms with Gasteiger partial charge in [-0.1, -0.05) is 6.07 Å². The number of fused-ring (bicyclic) bond motifs is 3. The Morgan fingerprint density at radius 1 is 1.00 bits per heavy atom. The number of aromatic nitrogens is 1. The molecule has 1 aromatic carbocycles. The predicted molar refractivity (Wildman–Crippen MR) is 102 cm³/mol. The van der Waals surface area contributed by atoms with E-state index in [0.717, 1.165) is 36.7 Å². The number of rotatable bonds is 2. The molecule has 0 aliphatic carbocycles. The van der Waals surface area contributed by atoms with Gasteiger partial charge < -0.3 is 14.4 Å². The fourth-order valence-electron chi connectivity index (χ4n) is 5.75. The van der Waals surface area contributed by atoms with Gasteiger partial charge in [0.05, 0.1) is 6.04 Å². The minimum Gasteiger partial charge on any atom is -0.454 e. The van der Waals surface area contributed by atoms with Crippen molar-refractivity contribution in [3.63, 3.8) is 0 Å². The normalized spacial score (nSPS) is 32.4. The van der Waals surface area contributed by atoms with Gasteiger partial charge in [-0.3, -0.25) is 14.7 Å². The molecule has 144 valence electrons. The van der Waals surface area contributed by atoms with Gasteiger partial charge in [-0.05, 0) is 61.7 Å². The number of carbonyl (C=O) groups excluding carboxylic acids is 1. The molecule has 0 N–H and O–H groups in total. The van der Waals surface area contributed by atoms with E-state index in [4.69, 9.17) is 9.47 Å². The summed E-state index contributed by atoms with van der Waals surface area (Å²) in [5, 5.41) is 0. The van der Waals surface area contributed by atoms with Gasteiger partial charge in [0.15, 0.2) is 11.5 Å². The quantitative estimate of drug-likeness (QED) is 0.805. The second kappa shape index (κ2) is 6.21. The second-order valence-corrected chi connectivity index (χ2v) is 8.27. The van der Waals surface area contributed by atoms with Gasteiger partial charge in [0.1, 0.15) is 0 Å². The first-order valence-electron chi connectivity index (χ1n) is 10.1. The summed E-state index contributed by atoms with van der Waals surface area (Å²) in [7, 11) is 0. The molecule has 4 saturated heterocycles. The highest BCUT2D eigenvalue weighted by Crippen LogP contribution is 2.48. The van der Waals surface area contributed by atoms with Crippen molar-refractivity contribution in [2.75, 3.05) is 26.4 Å². The number of ether oxygens (including phenoxy) is 2. The standard InChI is InChI=1S/C22H23N3O3/c26-22(15-3-7-23-8-4-15)25-12-17(16-1-2-18-19(11-16)28-13-27-18)21-20(25)14-5-9-24(21)10-6-14/h1-4,7-8,11,14,17,20-21H,5-6,9-10,12-13H2/t17-,20-,21-/m1/s1. The molecule has 5 aliphatic heterocycles. The molecule has 0 spiro atoms. The van der Waals surface area contributed by atoms with Crippen LogP contribution >= 0.6 is 0 Å². The van der Waals surface area contributed by atoms with Gasteiger partial charge in [-0.2, -0.15) is 0 Å². The van der Waals surface area contributed by atoms with Crippen LogP contribution in [-0.2, 0) is 0 Å². The molecular formula is C22H23N3O3. The van der Waals surface area contributed by atoms with E-state index in [1.54, 1.807) is 12.4 Å². The van der Waals surface area contributed by atoms with Crippen LogP contribution in [0.4, 0.5) is 0 Å². The molecule has 2 bridgehead atoms.